The topological polar surface area (TPSA) is 92.3 Å². The van der Waals surface area contributed by atoms with Crippen molar-refractivity contribution in [2.24, 2.45) is 0 Å². The Hall–Kier alpha value is -4.89. The molecule has 1 heterocycles. The van der Waals surface area contributed by atoms with Gasteiger partial charge in [0.2, 0.25) is 0 Å². The summed E-state index contributed by atoms with van der Waals surface area (Å²) in [5.41, 5.74) is 3.24. The van der Waals surface area contributed by atoms with Crippen molar-refractivity contribution >= 4 is 18.0 Å². The summed E-state index contributed by atoms with van der Waals surface area (Å²) in [5.74, 6) is 0.0257. The molecule has 0 bridgehead atoms. The number of rotatable bonds is 9. The third-order valence-electron chi connectivity index (χ3n) is 5.53. The minimum absolute atomic E-state index is 0.0429. The summed E-state index contributed by atoms with van der Waals surface area (Å²) < 4.78 is 10.8. The number of esters is 1. The molecule has 0 aliphatic rings. The van der Waals surface area contributed by atoms with Gasteiger partial charge in [-0.1, -0.05) is 60.7 Å². The predicted molar refractivity (Wildman–Crippen MR) is 136 cm³/mol. The van der Waals surface area contributed by atoms with Crippen LogP contribution in [0.4, 0.5) is 0 Å². The Balaban J connectivity index is 1.38. The molecule has 0 aliphatic carbocycles. The van der Waals surface area contributed by atoms with Gasteiger partial charge < -0.3 is 14.5 Å². The van der Waals surface area contributed by atoms with Crippen molar-refractivity contribution in [3.63, 3.8) is 0 Å². The number of nitrogens with one attached hydrogen (secondary N) is 1. The number of nitrogens with zero attached hydrogens (tertiary/aromatic N) is 1. The largest absolute Gasteiger partial charge is 0.467 e. The summed E-state index contributed by atoms with van der Waals surface area (Å²) in [6.45, 7) is 0.187. The normalized spacial score (nSPS) is 10.9. The number of carbonyl (C=O) groups excluding carboxylic acids is 2. The van der Waals surface area contributed by atoms with Crippen LogP contribution in [0.25, 0.3) is 6.08 Å². The van der Waals surface area contributed by atoms with Crippen LogP contribution < -0.4 is 10.1 Å². The molecule has 1 amide bonds. The number of amides is 1. The van der Waals surface area contributed by atoms with E-state index >= 15 is 0 Å². The maximum Gasteiger partial charge on any atom is 0.343 e. The van der Waals surface area contributed by atoms with Gasteiger partial charge >= 0.3 is 5.97 Å². The Morgan fingerprint density at radius 1 is 0.889 bits per heavy atom. The van der Waals surface area contributed by atoms with E-state index in [-0.39, 0.29) is 12.1 Å². The number of carbonyl (C=O) groups is 2. The zero-order valence-corrected chi connectivity index (χ0v) is 19.5. The van der Waals surface area contributed by atoms with E-state index in [2.05, 4.69) is 17.4 Å². The van der Waals surface area contributed by atoms with E-state index in [1.807, 2.05) is 42.5 Å². The van der Waals surface area contributed by atoms with Gasteiger partial charge in [-0.2, -0.15) is 5.26 Å². The van der Waals surface area contributed by atoms with E-state index in [9.17, 15) is 14.9 Å². The lowest BCUT2D eigenvalue weighted by atomic mass is 10.00. The second kappa shape index (κ2) is 12.0. The molecule has 0 radical (unpaired) electrons. The van der Waals surface area contributed by atoms with Crippen LogP contribution in [0, 0.1) is 11.3 Å². The molecular weight excluding hydrogens is 452 g/mol. The average molecular weight is 477 g/mol. The van der Waals surface area contributed by atoms with Gasteiger partial charge in [0.25, 0.3) is 5.91 Å². The Bertz CT molecular complexity index is 1380. The first-order chi connectivity index (χ1) is 17.6. The Labute approximate surface area is 209 Å². The molecule has 3 aromatic carbocycles. The molecule has 6 nitrogen and oxygen atoms in total. The molecular formula is C30H24N2O4. The monoisotopic (exact) mass is 476 g/mol. The molecule has 1 N–H and O–H groups in total. The summed E-state index contributed by atoms with van der Waals surface area (Å²) in [4.78, 5) is 25.2. The maximum absolute atomic E-state index is 12.9. The highest BCUT2D eigenvalue weighted by Gasteiger charge is 2.14. The molecule has 4 rings (SSSR count). The molecule has 6 heteroatoms. The number of benzene rings is 3. The molecule has 178 valence electrons. The number of furan rings is 1. The number of ether oxygens (including phenoxy) is 1. The van der Waals surface area contributed by atoms with Crippen molar-refractivity contribution in [1.82, 2.24) is 5.32 Å². The Morgan fingerprint density at radius 2 is 1.64 bits per heavy atom. The van der Waals surface area contributed by atoms with Crippen molar-refractivity contribution in [2.45, 2.75) is 19.4 Å². The van der Waals surface area contributed by atoms with Crippen LogP contribution in [0.3, 0.4) is 0 Å². The molecule has 36 heavy (non-hydrogen) atoms. The fraction of sp³-hybridized carbons (Fsp3) is 0.100. The fourth-order valence-electron chi connectivity index (χ4n) is 3.65. The van der Waals surface area contributed by atoms with Crippen LogP contribution in [0.5, 0.6) is 5.75 Å². The van der Waals surface area contributed by atoms with Crippen molar-refractivity contribution in [3.05, 3.63) is 131 Å². The van der Waals surface area contributed by atoms with Gasteiger partial charge in [-0.15, -0.1) is 0 Å². The lowest BCUT2D eigenvalue weighted by molar-refractivity contribution is -0.117. The second-order valence-electron chi connectivity index (χ2n) is 8.03. The fourth-order valence-corrected chi connectivity index (χ4v) is 3.65. The summed E-state index contributed by atoms with van der Waals surface area (Å²) in [5, 5.41) is 12.0. The summed E-state index contributed by atoms with van der Waals surface area (Å²) in [7, 11) is 0. The van der Waals surface area contributed by atoms with E-state index < -0.39 is 11.9 Å². The van der Waals surface area contributed by atoms with Crippen LogP contribution in [-0.2, 0) is 24.2 Å². The Kier molecular flexibility index (Phi) is 8.08. The SMILES string of the molecule is N#C/C(=C\c1ccc(OC(=O)c2ccccc2CCc2ccccc2)cc1)C(=O)NCc1ccco1. The van der Waals surface area contributed by atoms with Gasteiger partial charge in [0, 0.05) is 0 Å². The van der Waals surface area contributed by atoms with Crippen LogP contribution in [-0.4, -0.2) is 11.9 Å². The first-order valence-electron chi connectivity index (χ1n) is 11.5. The molecule has 0 spiro atoms. The second-order valence-corrected chi connectivity index (χ2v) is 8.03. The molecule has 0 aliphatic heterocycles. The van der Waals surface area contributed by atoms with E-state index in [1.54, 1.807) is 42.5 Å². The van der Waals surface area contributed by atoms with Gasteiger partial charge in [-0.25, -0.2) is 4.79 Å². The zero-order valence-electron chi connectivity index (χ0n) is 19.5. The van der Waals surface area contributed by atoms with Crippen LogP contribution in [0.2, 0.25) is 0 Å². The van der Waals surface area contributed by atoms with Crippen molar-refractivity contribution in [2.75, 3.05) is 0 Å². The van der Waals surface area contributed by atoms with Crippen molar-refractivity contribution in [3.8, 4) is 11.8 Å². The zero-order chi connectivity index (χ0) is 25.2. The maximum atomic E-state index is 12.9. The first-order valence-corrected chi connectivity index (χ1v) is 11.5. The van der Waals surface area contributed by atoms with Crippen LogP contribution in [0.1, 0.15) is 32.8 Å². The highest BCUT2D eigenvalue weighted by molar-refractivity contribution is 6.01. The standard InChI is InChI=1S/C30H24N2O4/c31-20-25(29(33)32-21-27-10-6-18-35-27)19-23-13-16-26(17-14-23)36-30(34)28-11-5-4-9-24(28)15-12-22-7-2-1-3-8-22/h1-11,13-14,16-19H,12,15,21H2,(H,32,33)/b25-19+. The van der Waals surface area contributed by atoms with Crippen LogP contribution >= 0.6 is 0 Å². The van der Waals surface area contributed by atoms with Gasteiger partial charge in [0.1, 0.15) is 23.2 Å². The summed E-state index contributed by atoms with van der Waals surface area (Å²) >= 11 is 0. The minimum atomic E-state index is -0.503. The molecule has 0 saturated carbocycles. The number of hydrogen-bond donors (Lipinski definition) is 1. The molecule has 0 unspecified atom stereocenters. The van der Waals surface area contributed by atoms with E-state index in [0.29, 0.717) is 22.6 Å². The lowest BCUT2D eigenvalue weighted by Gasteiger charge is -2.10. The smallest absolute Gasteiger partial charge is 0.343 e. The number of nitriles is 1. The molecule has 0 saturated heterocycles. The van der Waals surface area contributed by atoms with Gasteiger partial charge in [-0.3, -0.25) is 4.79 Å². The highest BCUT2D eigenvalue weighted by Crippen LogP contribution is 2.19. The third-order valence-corrected chi connectivity index (χ3v) is 5.53. The predicted octanol–water partition coefficient (Wildman–Crippen LogP) is 5.51. The van der Waals surface area contributed by atoms with Gasteiger partial charge in [-0.05, 0) is 65.9 Å². The molecule has 0 atom stereocenters. The lowest BCUT2D eigenvalue weighted by Crippen LogP contribution is -2.23. The molecule has 0 fully saturated rings. The number of aryl methyl sites for hydroxylation is 2. The molecule has 4 aromatic rings. The van der Waals surface area contributed by atoms with Gasteiger partial charge in [0.05, 0.1) is 18.4 Å². The van der Waals surface area contributed by atoms with E-state index in [0.717, 1.165) is 18.4 Å². The minimum Gasteiger partial charge on any atom is -0.467 e. The van der Waals surface area contributed by atoms with E-state index in [4.69, 9.17) is 9.15 Å². The van der Waals surface area contributed by atoms with Crippen LogP contribution in [0.15, 0.2) is 107 Å². The first kappa shape index (κ1) is 24.2. The average Bonchev–Trinajstić information content (AvgIpc) is 3.44. The Morgan fingerprint density at radius 3 is 2.36 bits per heavy atom. The molecule has 1 aromatic heterocycles. The third kappa shape index (κ3) is 6.58. The quantitative estimate of drug-likeness (QED) is 0.149. The van der Waals surface area contributed by atoms with Crippen molar-refractivity contribution in [1.29, 1.82) is 5.26 Å². The van der Waals surface area contributed by atoms with Crippen molar-refractivity contribution < 1.29 is 18.7 Å². The number of hydrogen-bond acceptors (Lipinski definition) is 5. The summed E-state index contributed by atoms with van der Waals surface area (Å²) in [6, 6.07) is 29.5. The summed E-state index contributed by atoms with van der Waals surface area (Å²) in [6.07, 6.45) is 4.53. The highest BCUT2D eigenvalue weighted by atomic mass is 16.5. The van der Waals surface area contributed by atoms with E-state index in [1.165, 1.54) is 17.9 Å². The van der Waals surface area contributed by atoms with Gasteiger partial charge in [0.15, 0.2) is 0 Å².